The predicted molar refractivity (Wildman–Crippen MR) is 79.3 cm³/mol. The van der Waals surface area contributed by atoms with Gasteiger partial charge in [0.1, 0.15) is 11.3 Å². The highest BCUT2D eigenvalue weighted by molar-refractivity contribution is 6.09. The lowest BCUT2D eigenvalue weighted by Crippen LogP contribution is -2.24. The van der Waals surface area contributed by atoms with E-state index in [2.05, 4.69) is 4.98 Å². The van der Waals surface area contributed by atoms with E-state index in [9.17, 15) is 9.59 Å². The third-order valence-electron chi connectivity index (χ3n) is 2.67. The van der Waals surface area contributed by atoms with Crippen LogP contribution in [0.1, 0.15) is 47.2 Å². The predicted octanol–water partition coefficient (Wildman–Crippen LogP) is 3.27. The molecule has 0 saturated heterocycles. The number of ketones is 1. The van der Waals surface area contributed by atoms with Crippen molar-refractivity contribution in [2.24, 2.45) is 0 Å². The molecule has 21 heavy (non-hydrogen) atoms. The highest BCUT2D eigenvalue weighted by atomic mass is 16.6. The lowest BCUT2D eigenvalue weighted by molar-refractivity contribution is 0.00628. The van der Waals surface area contributed by atoms with Crippen molar-refractivity contribution in [2.45, 2.75) is 26.4 Å². The Kier molecular flexibility index (Phi) is 4.17. The van der Waals surface area contributed by atoms with Crippen LogP contribution >= 0.6 is 0 Å². The van der Waals surface area contributed by atoms with E-state index < -0.39 is 11.6 Å². The van der Waals surface area contributed by atoms with Crippen LogP contribution in [0.3, 0.4) is 0 Å². The van der Waals surface area contributed by atoms with Crippen LogP contribution in [-0.4, -0.2) is 22.3 Å². The number of benzene rings is 1. The Morgan fingerprint density at radius 3 is 2.29 bits per heavy atom. The van der Waals surface area contributed by atoms with E-state index in [0.717, 1.165) is 0 Å². The molecule has 0 saturated carbocycles. The first-order valence-corrected chi connectivity index (χ1v) is 6.66. The van der Waals surface area contributed by atoms with Crippen molar-refractivity contribution in [3.05, 3.63) is 65.5 Å². The molecule has 0 spiro atoms. The first kappa shape index (κ1) is 14.9. The molecule has 4 heteroatoms. The normalized spacial score (nSPS) is 11.0. The van der Waals surface area contributed by atoms with Gasteiger partial charge in [-0.25, -0.2) is 9.78 Å². The van der Waals surface area contributed by atoms with E-state index in [1.807, 2.05) is 6.07 Å². The van der Waals surface area contributed by atoms with Gasteiger partial charge in [-0.1, -0.05) is 30.3 Å². The summed E-state index contributed by atoms with van der Waals surface area (Å²) in [5.74, 6) is -0.687. The molecule has 0 aliphatic heterocycles. The quantitative estimate of drug-likeness (QED) is 0.641. The Balaban J connectivity index is 2.26. The second kappa shape index (κ2) is 5.87. The van der Waals surface area contributed by atoms with E-state index in [-0.39, 0.29) is 11.5 Å². The largest absolute Gasteiger partial charge is 0.455 e. The van der Waals surface area contributed by atoms with Crippen LogP contribution in [0.5, 0.6) is 0 Å². The fourth-order valence-corrected chi connectivity index (χ4v) is 1.77. The molecule has 4 nitrogen and oxygen atoms in total. The maximum atomic E-state index is 12.3. The lowest BCUT2D eigenvalue weighted by atomic mass is 10.0. The highest BCUT2D eigenvalue weighted by Crippen LogP contribution is 2.14. The number of pyridine rings is 1. The minimum Gasteiger partial charge on any atom is -0.455 e. The number of hydrogen-bond donors (Lipinski definition) is 0. The van der Waals surface area contributed by atoms with Gasteiger partial charge in [0.15, 0.2) is 5.78 Å². The third kappa shape index (κ3) is 3.99. The molecular weight excluding hydrogens is 266 g/mol. The second-order valence-electron chi connectivity index (χ2n) is 5.63. The molecule has 0 N–H and O–H groups in total. The molecule has 0 radical (unpaired) electrons. The van der Waals surface area contributed by atoms with Crippen LogP contribution in [0.25, 0.3) is 0 Å². The molecule has 0 atom stereocenters. The van der Waals surface area contributed by atoms with Gasteiger partial charge in [-0.2, -0.15) is 0 Å². The fourth-order valence-electron chi connectivity index (χ4n) is 1.77. The second-order valence-corrected chi connectivity index (χ2v) is 5.63. The van der Waals surface area contributed by atoms with E-state index >= 15 is 0 Å². The summed E-state index contributed by atoms with van der Waals surface area (Å²) in [6.07, 6.45) is 1.44. The van der Waals surface area contributed by atoms with Gasteiger partial charge in [0.05, 0.1) is 0 Å². The standard InChI is InChI=1S/C17H17NO3/c1-17(2,3)21-16(20)14-11-13(9-10-18-14)15(19)12-7-5-4-6-8-12/h4-11H,1-3H3. The zero-order chi connectivity index (χ0) is 15.5. The van der Waals surface area contributed by atoms with Crippen molar-refractivity contribution in [1.29, 1.82) is 0 Å². The van der Waals surface area contributed by atoms with Crippen LogP contribution in [0.15, 0.2) is 48.7 Å². The number of aromatic nitrogens is 1. The molecule has 0 amide bonds. The summed E-state index contributed by atoms with van der Waals surface area (Å²) in [4.78, 5) is 28.3. The molecule has 0 aliphatic rings. The number of carbonyl (C=O) groups excluding carboxylic acids is 2. The van der Waals surface area contributed by atoms with Gasteiger partial charge in [0, 0.05) is 17.3 Å². The van der Waals surface area contributed by atoms with Crippen LogP contribution < -0.4 is 0 Å². The number of esters is 1. The molecule has 1 heterocycles. The first-order valence-electron chi connectivity index (χ1n) is 6.66. The number of rotatable bonds is 3. The number of nitrogens with zero attached hydrogens (tertiary/aromatic N) is 1. The minimum absolute atomic E-state index is 0.131. The Labute approximate surface area is 123 Å². The summed E-state index contributed by atoms with van der Waals surface area (Å²) < 4.78 is 5.25. The smallest absolute Gasteiger partial charge is 0.357 e. The molecule has 0 fully saturated rings. The van der Waals surface area contributed by atoms with Gasteiger partial charge in [-0.3, -0.25) is 4.79 Å². The van der Waals surface area contributed by atoms with Gasteiger partial charge < -0.3 is 4.74 Å². The lowest BCUT2D eigenvalue weighted by Gasteiger charge is -2.19. The Morgan fingerprint density at radius 2 is 1.67 bits per heavy atom. The van der Waals surface area contributed by atoms with Crippen molar-refractivity contribution in [3.63, 3.8) is 0 Å². The van der Waals surface area contributed by atoms with E-state index in [1.165, 1.54) is 12.3 Å². The van der Waals surface area contributed by atoms with E-state index in [4.69, 9.17) is 4.74 Å². The maximum Gasteiger partial charge on any atom is 0.357 e. The first-order chi connectivity index (χ1) is 9.87. The zero-order valence-corrected chi connectivity index (χ0v) is 12.3. The van der Waals surface area contributed by atoms with Gasteiger partial charge in [-0.05, 0) is 32.9 Å². The van der Waals surface area contributed by atoms with Crippen LogP contribution in [-0.2, 0) is 4.74 Å². The van der Waals surface area contributed by atoms with Crippen LogP contribution in [0.4, 0.5) is 0 Å². The number of hydrogen-bond acceptors (Lipinski definition) is 4. The summed E-state index contributed by atoms with van der Waals surface area (Å²) >= 11 is 0. The maximum absolute atomic E-state index is 12.3. The summed E-state index contributed by atoms with van der Waals surface area (Å²) in [5.41, 5.74) is 0.515. The highest BCUT2D eigenvalue weighted by Gasteiger charge is 2.20. The van der Waals surface area contributed by atoms with Crippen LogP contribution in [0, 0.1) is 0 Å². The molecule has 0 unspecified atom stereocenters. The third-order valence-corrected chi connectivity index (χ3v) is 2.67. The average Bonchev–Trinajstić information content (AvgIpc) is 2.46. The summed E-state index contributed by atoms with van der Waals surface area (Å²) in [7, 11) is 0. The van der Waals surface area contributed by atoms with Gasteiger partial charge in [0.2, 0.25) is 0 Å². The average molecular weight is 283 g/mol. The van der Waals surface area contributed by atoms with Crippen molar-refractivity contribution in [1.82, 2.24) is 4.98 Å². The monoisotopic (exact) mass is 283 g/mol. The van der Waals surface area contributed by atoms with Crippen molar-refractivity contribution in [2.75, 3.05) is 0 Å². The topological polar surface area (TPSA) is 56.3 Å². The van der Waals surface area contributed by atoms with Crippen molar-refractivity contribution >= 4 is 11.8 Å². The molecule has 0 bridgehead atoms. The van der Waals surface area contributed by atoms with Crippen molar-refractivity contribution < 1.29 is 14.3 Å². The molecule has 1 aromatic heterocycles. The summed E-state index contributed by atoms with van der Waals surface area (Å²) in [6, 6.07) is 11.9. The van der Waals surface area contributed by atoms with Crippen molar-refractivity contribution in [3.8, 4) is 0 Å². The number of ether oxygens (including phenoxy) is 1. The summed E-state index contributed by atoms with van der Waals surface area (Å²) in [5, 5.41) is 0. The summed E-state index contributed by atoms with van der Waals surface area (Å²) in [6.45, 7) is 5.34. The van der Waals surface area contributed by atoms with Gasteiger partial charge in [0.25, 0.3) is 0 Å². The van der Waals surface area contributed by atoms with Gasteiger partial charge >= 0.3 is 5.97 Å². The fraction of sp³-hybridized carbons (Fsp3) is 0.235. The Bertz CT molecular complexity index is 657. The molecule has 2 aromatic rings. The molecule has 1 aromatic carbocycles. The van der Waals surface area contributed by atoms with E-state index in [0.29, 0.717) is 11.1 Å². The van der Waals surface area contributed by atoms with Crippen LogP contribution in [0.2, 0.25) is 0 Å². The molecular formula is C17H17NO3. The Hall–Kier alpha value is -2.49. The molecule has 108 valence electrons. The Morgan fingerprint density at radius 1 is 1.00 bits per heavy atom. The number of carbonyl (C=O) groups is 2. The molecule has 2 rings (SSSR count). The minimum atomic E-state index is -0.599. The SMILES string of the molecule is CC(C)(C)OC(=O)c1cc(C(=O)c2ccccc2)ccn1. The molecule has 0 aliphatic carbocycles. The van der Waals surface area contributed by atoms with E-state index in [1.54, 1.807) is 51.1 Å². The van der Waals surface area contributed by atoms with Gasteiger partial charge in [-0.15, -0.1) is 0 Å². The zero-order valence-electron chi connectivity index (χ0n) is 12.3.